The normalized spacial score (nSPS) is 16.0. The van der Waals surface area contributed by atoms with E-state index in [1.807, 2.05) is 0 Å². The van der Waals surface area contributed by atoms with Gasteiger partial charge >= 0.3 is 0 Å². The van der Waals surface area contributed by atoms with Crippen molar-refractivity contribution in [3.8, 4) is 0 Å². The van der Waals surface area contributed by atoms with Gasteiger partial charge in [0, 0.05) is 12.6 Å². The largest absolute Gasteiger partial charge is 0.391 e. The smallest absolute Gasteiger partial charge is 0.0695 e. The minimum Gasteiger partial charge on any atom is -0.391 e. The maximum atomic E-state index is 10.1. The van der Waals surface area contributed by atoms with Gasteiger partial charge in [-0.05, 0) is 25.3 Å². The second-order valence-electron chi connectivity index (χ2n) is 4.81. The summed E-state index contributed by atoms with van der Waals surface area (Å²) in [7, 11) is 0. The van der Waals surface area contributed by atoms with Gasteiger partial charge in [0.25, 0.3) is 0 Å². The average molecular weight is 215 g/mol. The molecule has 2 unspecified atom stereocenters. The molecule has 0 rings (SSSR count). The predicted molar refractivity (Wildman–Crippen MR) is 67.1 cm³/mol. The Kier molecular flexibility index (Phi) is 8.07. The number of likely N-dealkylation sites (N-methyl/N-ethyl adjacent to an activating group) is 1. The van der Waals surface area contributed by atoms with Crippen molar-refractivity contribution < 1.29 is 5.11 Å². The highest BCUT2D eigenvalue weighted by molar-refractivity contribution is 4.77. The lowest BCUT2D eigenvalue weighted by Gasteiger charge is -2.34. The molecule has 0 heterocycles. The molecule has 0 amide bonds. The Balaban J connectivity index is 4.31. The maximum absolute atomic E-state index is 10.1. The summed E-state index contributed by atoms with van der Waals surface area (Å²) in [5.41, 5.74) is 0. The Morgan fingerprint density at radius 3 is 2.07 bits per heavy atom. The van der Waals surface area contributed by atoms with Crippen LogP contribution in [0.25, 0.3) is 0 Å². The van der Waals surface area contributed by atoms with Gasteiger partial charge in [0.1, 0.15) is 0 Å². The second-order valence-corrected chi connectivity index (χ2v) is 4.81. The quantitative estimate of drug-likeness (QED) is 0.673. The summed E-state index contributed by atoms with van der Waals surface area (Å²) in [5.74, 6) is 0.674. The van der Waals surface area contributed by atoms with E-state index in [0.29, 0.717) is 12.0 Å². The van der Waals surface area contributed by atoms with Crippen LogP contribution in [0.5, 0.6) is 0 Å². The molecule has 0 radical (unpaired) electrons. The first-order valence-corrected chi connectivity index (χ1v) is 6.48. The summed E-state index contributed by atoms with van der Waals surface area (Å²) in [4.78, 5) is 2.42. The van der Waals surface area contributed by atoms with Gasteiger partial charge in [0.05, 0.1) is 6.10 Å². The van der Waals surface area contributed by atoms with E-state index in [-0.39, 0.29) is 6.10 Å². The van der Waals surface area contributed by atoms with Crippen LogP contribution in [-0.2, 0) is 0 Å². The Morgan fingerprint density at radius 2 is 1.73 bits per heavy atom. The van der Waals surface area contributed by atoms with E-state index in [4.69, 9.17) is 0 Å². The molecular weight excluding hydrogens is 186 g/mol. The number of hydrogen-bond acceptors (Lipinski definition) is 2. The van der Waals surface area contributed by atoms with Crippen molar-refractivity contribution in [3.63, 3.8) is 0 Å². The van der Waals surface area contributed by atoms with Crippen LogP contribution >= 0.6 is 0 Å². The monoisotopic (exact) mass is 215 g/mol. The van der Waals surface area contributed by atoms with Crippen molar-refractivity contribution in [2.45, 2.75) is 66.0 Å². The van der Waals surface area contributed by atoms with Crippen LogP contribution in [-0.4, -0.2) is 35.2 Å². The van der Waals surface area contributed by atoms with Gasteiger partial charge in [-0.15, -0.1) is 0 Å². The third kappa shape index (κ3) is 5.53. The van der Waals surface area contributed by atoms with Crippen LogP contribution < -0.4 is 0 Å². The van der Waals surface area contributed by atoms with Crippen molar-refractivity contribution in [1.82, 2.24) is 4.90 Å². The molecule has 0 aliphatic rings. The standard InChI is InChI=1S/C13H29NO/c1-6-9-13(15)12(7-2)14(8-3)10-11(4)5/h11-13,15H,6-10H2,1-5H3. The molecule has 0 aromatic carbocycles. The fourth-order valence-electron chi connectivity index (χ4n) is 2.23. The number of aliphatic hydroxyl groups is 1. The van der Waals surface area contributed by atoms with E-state index in [0.717, 1.165) is 32.4 Å². The van der Waals surface area contributed by atoms with Gasteiger partial charge in [-0.2, -0.15) is 0 Å². The molecule has 0 aromatic heterocycles. The number of hydrogen-bond donors (Lipinski definition) is 1. The minimum absolute atomic E-state index is 0.154. The second kappa shape index (κ2) is 8.12. The highest BCUT2D eigenvalue weighted by Crippen LogP contribution is 2.15. The Labute approximate surface area is 95.7 Å². The van der Waals surface area contributed by atoms with Gasteiger partial charge in [-0.25, -0.2) is 0 Å². The Hall–Kier alpha value is -0.0800. The van der Waals surface area contributed by atoms with E-state index in [2.05, 4.69) is 39.5 Å². The zero-order valence-corrected chi connectivity index (χ0v) is 11.2. The zero-order chi connectivity index (χ0) is 11.8. The molecule has 0 saturated carbocycles. The van der Waals surface area contributed by atoms with Crippen LogP contribution in [0.1, 0.15) is 53.9 Å². The first-order chi connectivity index (χ1) is 7.06. The maximum Gasteiger partial charge on any atom is 0.0695 e. The van der Waals surface area contributed by atoms with Gasteiger partial charge < -0.3 is 5.11 Å². The minimum atomic E-state index is -0.154. The molecule has 0 aliphatic heterocycles. The fraction of sp³-hybridized carbons (Fsp3) is 1.00. The third-order valence-electron chi connectivity index (χ3n) is 2.92. The van der Waals surface area contributed by atoms with Gasteiger partial charge in [0.2, 0.25) is 0 Å². The summed E-state index contributed by atoms with van der Waals surface area (Å²) in [6.07, 6.45) is 2.88. The van der Waals surface area contributed by atoms with Crippen LogP contribution in [0.4, 0.5) is 0 Å². The molecule has 2 atom stereocenters. The van der Waals surface area contributed by atoms with Crippen LogP contribution in [0.2, 0.25) is 0 Å². The van der Waals surface area contributed by atoms with Gasteiger partial charge in [0.15, 0.2) is 0 Å². The lowest BCUT2D eigenvalue weighted by molar-refractivity contribution is 0.0374. The summed E-state index contributed by atoms with van der Waals surface area (Å²) < 4.78 is 0. The zero-order valence-electron chi connectivity index (χ0n) is 11.2. The first-order valence-electron chi connectivity index (χ1n) is 6.48. The van der Waals surface area contributed by atoms with E-state index in [1.54, 1.807) is 0 Å². The van der Waals surface area contributed by atoms with Crippen molar-refractivity contribution in [2.75, 3.05) is 13.1 Å². The van der Waals surface area contributed by atoms with E-state index in [9.17, 15) is 5.11 Å². The first kappa shape index (κ1) is 14.9. The fourth-order valence-corrected chi connectivity index (χ4v) is 2.23. The molecule has 92 valence electrons. The molecule has 15 heavy (non-hydrogen) atoms. The molecule has 0 aromatic rings. The third-order valence-corrected chi connectivity index (χ3v) is 2.92. The van der Waals surface area contributed by atoms with E-state index in [1.165, 1.54) is 0 Å². The van der Waals surface area contributed by atoms with E-state index >= 15 is 0 Å². The molecule has 1 N–H and O–H groups in total. The Bertz CT molecular complexity index is 147. The Morgan fingerprint density at radius 1 is 1.13 bits per heavy atom. The highest BCUT2D eigenvalue weighted by Gasteiger charge is 2.22. The summed E-state index contributed by atoms with van der Waals surface area (Å²) in [6, 6.07) is 0.345. The molecule has 0 bridgehead atoms. The van der Waals surface area contributed by atoms with Crippen molar-refractivity contribution >= 4 is 0 Å². The lowest BCUT2D eigenvalue weighted by atomic mass is 10.0. The van der Waals surface area contributed by atoms with Gasteiger partial charge in [-0.3, -0.25) is 4.90 Å². The lowest BCUT2D eigenvalue weighted by Crippen LogP contribution is -2.44. The van der Waals surface area contributed by atoms with Crippen LogP contribution in [0.3, 0.4) is 0 Å². The molecule has 0 fully saturated rings. The summed E-state index contributed by atoms with van der Waals surface area (Å²) in [5, 5.41) is 10.1. The topological polar surface area (TPSA) is 23.5 Å². The van der Waals surface area contributed by atoms with Crippen molar-refractivity contribution in [2.24, 2.45) is 5.92 Å². The van der Waals surface area contributed by atoms with Crippen molar-refractivity contribution in [1.29, 1.82) is 0 Å². The molecular formula is C13H29NO. The molecule has 0 aliphatic carbocycles. The molecule has 0 spiro atoms. The molecule has 2 heteroatoms. The molecule has 0 saturated heterocycles. The summed E-state index contributed by atoms with van der Waals surface area (Å²) >= 11 is 0. The average Bonchev–Trinajstić information content (AvgIpc) is 2.17. The highest BCUT2D eigenvalue weighted by atomic mass is 16.3. The predicted octanol–water partition coefficient (Wildman–Crippen LogP) is 2.90. The van der Waals surface area contributed by atoms with Crippen molar-refractivity contribution in [3.05, 3.63) is 0 Å². The number of aliphatic hydroxyl groups excluding tert-OH is 1. The molecule has 2 nitrogen and oxygen atoms in total. The number of nitrogens with zero attached hydrogens (tertiary/aromatic N) is 1. The van der Waals surface area contributed by atoms with E-state index < -0.39 is 0 Å². The van der Waals surface area contributed by atoms with Crippen LogP contribution in [0.15, 0.2) is 0 Å². The van der Waals surface area contributed by atoms with Gasteiger partial charge in [-0.1, -0.05) is 41.0 Å². The summed E-state index contributed by atoms with van der Waals surface area (Å²) in [6.45, 7) is 13.1. The number of rotatable bonds is 8. The van der Waals surface area contributed by atoms with Crippen LogP contribution in [0, 0.1) is 5.92 Å². The SMILES string of the molecule is CCCC(O)C(CC)N(CC)CC(C)C.